The van der Waals surface area contributed by atoms with Crippen LogP contribution < -0.4 is 10.6 Å². The molecule has 2 atom stereocenters. The van der Waals surface area contributed by atoms with Crippen molar-refractivity contribution in [3.63, 3.8) is 0 Å². The third-order valence-electron chi connectivity index (χ3n) is 6.42. The largest absolute Gasteiger partial charge is 0.391 e. The summed E-state index contributed by atoms with van der Waals surface area (Å²) >= 11 is 1.62. The second-order valence-electron chi connectivity index (χ2n) is 8.87. The van der Waals surface area contributed by atoms with E-state index in [-0.39, 0.29) is 5.91 Å². The van der Waals surface area contributed by atoms with Gasteiger partial charge >= 0.3 is 0 Å². The van der Waals surface area contributed by atoms with Crippen LogP contribution in [0.4, 0.5) is 0 Å². The summed E-state index contributed by atoms with van der Waals surface area (Å²) in [4.78, 5) is 20.1. The van der Waals surface area contributed by atoms with E-state index < -0.39 is 12.1 Å². The number of likely N-dealkylation sites (tertiary alicyclic amines) is 1. The van der Waals surface area contributed by atoms with Gasteiger partial charge in [-0.05, 0) is 43.4 Å². The van der Waals surface area contributed by atoms with Crippen LogP contribution in [0.5, 0.6) is 0 Å². The fraction of sp³-hybridized carbons (Fsp3) is 0.542. The highest BCUT2D eigenvalue weighted by Gasteiger charge is 2.37. The number of nitrogens with zero attached hydrogens (tertiary/aromatic N) is 2. The Morgan fingerprint density at radius 3 is 2.76 bits per heavy atom. The summed E-state index contributed by atoms with van der Waals surface area (Å²) in [5.41, 5.74) is 4.99. The molecule has 4 N–H and O–H groups in total. The number of nitrogens with one attached hydrogen (secondary N) is 3. The Bertz CT molecular complexity index is 942. The normalized spacial score (nSPS) is 21.3. The minimum absolute atomic E-state index is 0.150. The quantitative estimate of drug-likeness (QED) is 0.347. The summed E-state index contributed by atoms with van der Waals surface area (Å²) in [6.45, 7) is 5.58. The van der Waals surface area contributed by atoms with Gasteiger partial charge in [0.2, 0.25) is 5.91 Å². The third kappa shape index (κ3) is 6.17. The van der Waals surface area contributed by atoms with E-state index in [1.807, 2.05) is 36.7 Å². The van der Waals surface area contributed by atoms with Gasteiger partial charge in [-0.3, -0.25) is 10.2 Å². The molecule has 3 heterocycles. The van der Waals surface area contributed by atoms with E-state index >= 15 is 0 Å². The Kier molecular flexibility index (Phi) is 8.08. The molecule has 2 unspecified atom stereocenters. The van der Waals surface area contributed by atoms with Crippen molar-refractivity contribution in [1.29, 1.82) is 5.41 Å². The number of thiazole rings is 1. The van der Waals surface area contributed by atoms with Crippen LogP contribution >= 0.6 is 11.3 Å². The first-order valence-electron chi connectivity index (χ1n) is 11.6. The Hall–Kier alpha value is -2.33. The van der Waals surface area contributed by atoms with Crippen molar-refractivity contribution in [2.24, 2.45) is 5.92 Å². The number of benzene rings is 1. The summed E-state index contributed by atoms with van der Waals surface area (Å²) in [5.74, 6) is 0.771. The molecule has 8 nitrogen and oxygen atoms in total. The van der Waals surface area contributed by atoms with Gasteiger partial charge < -0.3 is 25.4 Å². The van der Waals surface area contributed by atoms with Crippen molar-refractivity contribution in [2.75, 3.05) is 32.8 Å². The molecule has 33 heavy (non-hydrogen) atoms. The number of amides is 1. The number of aliphatic hydroxyl groups is 1. The molecule has 178 valence electrons. The summed E-state index contributed by atoms with van der Waals surface area (Å²) < 4.78 is 5.39. The van der Waals surface area contributed by atoms with Crippen LogP contribution in [-0.2, 0) is 16.1 Å². The monoisotopic (exact) mass is 471 g/mol. The predicted octanol–water partition coefficient (Wildman–Crippen LogP) is 2.16. The Balaban J connectivity index is 1.27. The van der Waals surface area contributed by atoms with Gasteiger partial charge in [-0.25, -0.2) is 4.98 Å². The summed E-state index contributed by atoms with van der Waals surface area (Å²) in [7, 11) is 0. The van der Waals surface area contributed by atoms with Crippen LogP contribution in [-0.4, -0.2) is 71.7 Å². The fourth-order valence-electron chi connectivity index (χ4n) is 4.47. The third-order valence-corrected chi connectivity index (χ3v) is 7.40. The van der Waals surface area contributed by atoms with Gasteiger partial charge in [-0.1, -0.05) is 24.3 Å². The summed E-state index contributed by atoms with van der Waals surface area (Å²) in [6.07, 6.45) is 1.83. The molecule has 1 aromatic heterocycles. The first kappa shape index (κ1) is 23.8. The summed E-state index contributed by atoms with van der Waals surface area (Å²) in [5, 5.41) is 25.0. The van der Waals surface area contributed by atoms with Crippen LogP contribution in [0.1, 0.15) is 30.5 Å². The predicted molar refractivity (Wildman–Crippen MR) is 129 cm³/mol. The van der Waals surface area contributed by atoms with Crippen LogP contribution in [0.15, 0.2) is 29.8 Å². The van der Waals surface area contributed by atoms with E-state index in [0.29, 0.717) is 37.8 Å². The lowest BCUT2D eigenvalue weighted by Crippen LogP contribution is -2.48. The smallest absolute Gasteiger partial charge is 0.243 e. The zero-order valence-corrected chi connectivity index (χ0v) is 19.9. The van der Waals surface area contributed by atoms with E-state index in [1.54, 1.807) is 16.2 Å². The first-order valence-corrected chi connectivity index (χ1v) is 12.5. The number of aliphatic hydroxyl groups excluding tert-OH is 1. The average Bonchev–Trinajstić information content (AvgIpc) is 3.44. The molecule has 0 radical (unpaired) electrons. The zero-order valence-electron chi connectivity index (χ0n) is 19.0. The molecule has 0 bridgehead atoms. The van der Waals surface area contributed by atoms with Crippen molar-refractivity contribution in [3.05, 3.63) is 41.0 Å². The number of β-amino-alcohol motifs (C(OH)–C–C–N with tert-alkyl or cyclic N) is 1. The molecule has 4 rings (SSSR count). The van der Waals surface area contributed by atoms with Gasteiger partial charge in [-0.2, -0.15) is 0 Å². The Morgan fingerprint density at radius 2 is 2.06 bits per heavy atom. The number of carbonyl (C=O) groups excluding carboxylic acids is 1. The number of carbonyl (C=O) groups is 1. The van der Waals surface area contributed by atoms with E-state index in [0.717, 1.165) is 54.3 Å². The number of hydrogen-bond acceptors (Lipinski definition) is 7. The van der Waals surface area contributed by atoms with Crippen molar-refractivity contribution in [2.45, 2.75) is 44.9 Å². The number of rotatable bonds is 8. The van der Waals surface area contributed by atoms with Gasteiger partial charge in [0.1, 0.15) is 11.9 Å². The minimum Gasteiger partial charge on any atom is -0.391 e. The van der Waals surface area contributed by atoms with E-state index in [1.165, 1.54) is 0 Å². The SMILES string of the molecule is Cc1ncsc1-c1ccc(CNC(=O)C2CC(O)CN2C(=N)CNCC2CCOCC2)cc1. The zero-order chi connectivity index (χ0) is 23.2. The molecule has 2 aliphatic heterocycles. The van der Waals surface area contributed by atoms with Crippen LogP contribution in [0.2, 0.25) is 0 Å². The molecule has 0 spiro atoms. The van der Waals surface area contributed by atoms with E-state index in [9.17, 15) is 9.90 Å². The molecule has 0 saturated carbocycles. The van der Waals surface area contributed by atoms with Gasteiger partial charge in [0.25, 0.3) is 0 Å². The van der Waals surface area contributed by atoms with Crippen LogP contribution in [0.25, 0.3) is 10.4 Å². The highest BCUT2D eigenvalue weighted by atomic mass is 32.1. The fourth-order valence-corrected chi connectivity index (χ4v) is 5.28. The molecule has 1 amide bonds. The van der Waals surface area contributed by atoms with Gasteiger partial charge in [0, 0.05) is 32.7 Å². The molecular weight excluding hydrogens is 438 g/mol. The number of amidine groups is 1. The molecule has 0 aliphatic carbocycles. The van der Waals surface area contributed by atoms with Crippen molar-refractivity contribution < 1.29 is 14.6 Å². The van der Waals surface area contributed by atoms with E-state index in [4.69, 9.17) is 10.1 Å². The standard InChI is InChI=1S/C24H33N5O3S/c1-16-23(33-15-28-16)19-4-2-17(3-5-19)12-27-24(31)21-10-20(30)14-29(21)22(25)13-26-11-18-6-8-32-9-7-18/h2-5,15,18,20-21,25-26,30H,6-14H2,1H3,(H,27,31). The maximum Gasteiger partial charge on any atom is 0.243 e. The highest BCUT2D eigenvalue weighted by Crippen LogP contribution is 2.27. The lowest BCUT2D eigenvalue weighted by molar-refractivity contribution is -0.124. The van der Waals surface area contributed by atoms with Gasteiger partial charge in [-0.15, -0.1) is 11.3 Å². The first-order chi connectivity index (χ1) is 16.0. The Labute approximate surface area is 198 Å². The van der Waals surface area contributed by atoms with Crippen molar-refractivity contribution in [1.82, 2.24) is 20.5 Å². The van der Waals surface area contributed by atoms with Crippen LogP contribution in [0.3, 0.4) is 0 Å². The number of aryl methyl sites for hydroxylation is 1. The van der Waals surface area contributed by atoms with Crippen molar-refractivity contribution >= 4 is 23.1 Å². The molecular formula is C24H33N5O3S. The Morgan fingerprint density at radius 1 is 1.30 bits per heavy atom. The lowest BCUT2D eigenvalue weighted by atomic mass is 10.0. The molecule has 1 aromatic carbocycles. The maximum absolute atomic E-state index is 12.9. The molecule has 2 aliphatic rings. The molecule has 2 saturated heterocycles. The van der Waals surface area contributed by atoms with Crippen molar-refractivity contribution in [3.8, 4) is 10.4 Å². The lowest BCUT2D eigenvalue weighted by Gasteiger charge is -2.27. The second kappa shape index (κ2) is 11.2. The molecule has 2 fully saturated rings. The summed E-state index contributed by atoms with van der Waals surface area (Å²) in [6, 6.07) is 7.61. The van der Waals surface area contributed by atoms with Gasteiger partial charge in [0.15, 0.2) is 0 Å². The molecule has 2 aromatic rings. The number of hydrogen-bond donors (Lipinski definition) is 4. The maximum atomic E-state index is 12.9. The van der Waals surface area contributed by atoms with Crippen LogP contribution in [0, 0.1) is 18.3 Å². The van der Waals surface area contributed by atoms with E-state index in [2.05, 4.69) is 15.6 Å². The van der Waals surface area contributed by atoms with Gasteiger partial charge in [0.05, 0.1) is 28.7 Å². The average molecular weight is 472 g/mol. The minimum atomic E-state index is -0.599. The second-order valence-corrected chi connectivity index (χ2v) is 9.73. The number of ether oxygens (including phenoxy) is 1. The highest BCUT2D eigenvalue weighted by molar-refractivity contribution is 7.13. The number of aromatic nitrogens is 1. The topological polar surface area (TPSA) is 111 Å². The molecule has 9 heteroatoms.